The molecule has 1 fully saturated rings. The first kappa shape index (κ1) is 18.6. The number of fused-ring (bicyclic) bond motifs is 2. The van der Waals surface area contributed by atoms with E-state index in [1.54, 1.807) is 0 Å². The molecule has 28 heavy (non-hydrogen) atoms. The summed E-state index contributed by atoms with van der Waals surface area (Å²) in [5.41, 5.74) is 3.43. The molecule has 2 aliphatic rings. The van der Waals surface area contributed by atoms with Crippen molar-refractivity contribution < 1.29 is 14.3 Å². The number of carbonyl (C=O) groups excluding carboxylic acids is 1. The van der Waals surface area contributed by atoms with Gasteiger partial charge in [-0.2, -0.15) is 0 Å². The summed E-state index contributed by atoms with van der Waals surface area (Å²) in [7, 11) is 0. The van der Waals surface area contributed by atoms with Crippen LogP contribution in [-0.2, 0) is 11.3 Å². The van der Waals surface area contributed by atoms with E-state index in [0.717, 1.165) is 36.1 Å². The van der Waals surface area contributed by atoms with Crippen LogP contribution >= 0.6 is 0 Å². The van der Waals surface area contributed by atoms with Crippen LogP contribution in [0.3, 0.4) is 0 Å². The normalized spacial score (nSPS) is 20.8. The van der Waals surface area contributed by atoms with Crippen molar-refractivity contribution >= 4 is 11.7 Å². The van der Waals surface area contributed by atoms with E-state index in [2.05, 4.69) is 12.1 Å². The van der Waals surface area contributed by atoms with Crippen molar-refractivity contribution in [3.63, 3.8) is 0 Å². The summed E-state index contributed by atoms with van der Waals surface area (Å²) >= 11 is 0. The fraction of sp³-hybridized carbons (Fsp3) is 0.375. The summed E-state index contributed by atoms with van der Waals surface area (Å²) in [5.74, 6) is 0.920. The lowest BCUT2D eigenvalue weighted by molar-refractivity contribution is 0.0832. The third-order valence-electron chi connectivity index (χ3n) is 5.41. The highest BCUT2D eigenvalue weighted by Gasteiger charge is 2.41. The van der Waals surface area contributed by atoms with Crippen LogP contribution in [-0.4, -0.2) is 29.2 Å². The van der Waals surface area contributed by atoms with Gasteiger partial charge in [-0.15, -0.1) is 0 Å². The molecule has 2 aromatic carbocycles. The number of ether oxygens (including phenoxy) is 2. The summed E-state index contributed by atoms with van der Waals surface area (Å²) in [6.07, 6.45) is 5.00. The second-order valence-corrected chi connectivity index (χ2v) is 7.80. The number of hydrogen-bond acceptors (Lipinski definition) is 3. The molecule has 1 amide bonds. The molecular formula is C24H27NO3. The molecule has 1 saturated heterocycles. The van der Waals surface area contributed by atoms with E-state index in [1.165, 1.54) is 5.57 Å². The summed E-state index contributed by atoms with van der Waals surface area (Å²) < 4.78 is 11.6. The van der Waals surface area contributed by atoms with Gasteiger partial charge in [0.25, 0.3) is 0 Å². The Bertz CT molecular complexity index is 859. The molecule has 146 valence electrons. The number of carbonyl (C=O) groups is 1. The standard InChI is InChI=1S/C24H27NO3/c1-17(2)28-23-11-7-6-10-22(23)19-14-20-12-13-21(15-19)25(20)24(26)27-16-18-8-4-3-5-9-18/h3-11,14,17,20-21H,12-13,15-16H2,1-2H3. The lowest BCUT2D eigenvalue weighted by atomic mass is 9.94. The Kier molecular flexibility index (Phi) is 5.38. The van der Waals surface area contributed by atoms with Gasteiger partial charge in [0.05, 0.1) is 12.1 Å². The summed E-state index contributed by atoms with van der Waals surface area (Å²) in [6.45, 7) is 4.40. The highest BCUT2D eigenvalue weighted by Crippen LogP contribution is 2.41. The molecule has 0 saturated carbocycles. The fourth-order valence-electron chi connectivity index (χ4n) is 4.20. The van der Waals surface area contributed by atoms with Gasteiger partial charge in [0.2, 0.25) is 0 Å². The minimum absolute atomic E-state index is 0.101. The lowest BCUT2D eigenvalue weighted by Crippen LogP contribution is -2.43. The van der Waals surface area contributed by atoms with E-state index < -0.39 is 0 Å². The molecule has 2 aromatic rings. The van der Waals surface area contributed by atoms with Crippen molar-refractivity contribution in [1.29, 1.82) is 0 Å². The Hall–Kier alpha value is -2.75. The zero-order valence-corrected chi connectivity index (χ0v) is 16.5. The van der Waals surface area contributed by atoms with Crippen molar-refractivity contribution in [3.8, 4) is 5.75 Å². The highest BCUT2D eigenvalue weighted by atomic mass is 16.6. The minimum atomic E-state index is -0.210. The Morgan fingerprint density at radius 1 is 1.07 bits per heavy atom. The average molecular weight is 377 g/mol. The molecule has 0 N–H and O–H groups in total. The summed E-state index contributed by atoms with van der Waals surface area (Å²) in [4.78, 5) is 14.7. The van der Waals surface area contributed by atoms with Crippen LogP contribution in [0.5, 0.6) is 5.75 Å². The van der Waals surface area contributed by atoms with Crippen molar-refractivity contribution in [2.45, 2.75) is 57.9 Å². The highest BCUT2D eigenvalue weighted by molar-refractivity contribution is 5.77. The molecule has 2 aliphatic heterocycles. The Balaban J connectivity index is 1.49. The van der Waals surface area contributed by atoms with Gasteiger partial charge in [0.15, 0.2) is 0 Å². The van der Waals surface area contributed by atoms with E-state index >= 15 is 0 Å². The van der Waals surface area contributed by atoms with Crippen molar-refractivity contribution in [1.82, 2.24) is 4.90 Å². The molecule has 0 aromatic heterocycles. The molecule has 4 heteroatoms. The second kappa shape index (κ2) is 8.09. The van der Waals surface area contributed by atoms with Crippen LogP contribution in [0.1, 0.15) is 44.2 Å². The molecule has 4 rings (SSSR count). The zero-order chi connectivity index (χ0) is 19.5. The van der Waals surface area contributed by atoms with Crippen molar-refractivity contribution in [2.24, 2.45) is 0 Å². The third-order valence-corrected chi connectivity index (χ3v) is 5.41. The smallest absolute Gasteiger partial charge is 0.410 e. The van der Waals surface area contributed by atoms with Crippen LogP contribution in [0, 0.1) is 0 Å². The molecule has 4 nitrogen and oxygen atoms in total. The predicted molar refractivity (Wildman–Crippen MR) is 110 cm³/mol. The second-order valence-electron chi connectivity index (χ2n) is 7.80. The minimum Gasteiger partial charge on any atom is -0.490 e. The number of hydrogen-bond donors (Lipinski definition) is 0. The maximum Gasteiger partial charge on any atom is 0.410 e. The van der Waals surface area contributed by atoms with E-state index in [9.17, 15) is 4.79 Å². The molecular weight excluding hydrogens is 350 g/mol. The Morgan fingerprint density at radius 3 is 2.57 bits per heavy atom. The summed E-state index contributed by atoms with van der Waals surface area (Å²) in [5, 5.41) is 0. The van der Waals surface area contributed by atoms with E-state index in [4.69, 9.17) is 9.47 Å². The summed E-state index contributed by atoms with van der Waals surface area (Å²) in [6, 6.07) is 18.3. The molecule has 0 spiro atoms. The van der Waals surface area contributed by atoms with Crippen LogP contribution in [0.25, 0.3) is 5.57 Å². The quantitative estimate of drug-likeness (QED) is 0.697. The average Bonchev–Trinajstić information content (AvgIpc) is 2.96. The Morgan fingerprint density at radius 2 is 1.82 bits per heavy atom. The zero-order valence-electron chi connectivity index (χ0n) is 16.5. The van der Waals surface area contributed by atoms with Gasteiger partial charge in [-0.05, 0) is 50.3 Å². The van der Waals surface area contributed by atoms with Gasteiger partial charge in [-0.1, -0.05) is 54.6 Å². The van der Waals surface area contributed by atoms with Gasteiger partial charge < -0.3 is 9.47 Å². The van der Waals surface area contributed by atoms with E-state index in [-0.39, 0.29) is 24.3 Å². The molecule has 0 aliphatic carbocycles. The van der Waals surface area contributed by atoms with Gasteiger partial charge in [-0.3, -0.25) is 4.90 Å². The molecule has 2 bridgehead atoms. The van der Waals surface area contributed by atoms with Gasteiger partial charge in [-0.25, -0.2) is 4.79 Å². The number of para-hydroxylation sites is 1. The largest absolute Gasteiger partial charge is 0.490 e. The van der Waals surface area contributed by atoms with Gasteiger partial charge in [0.1, 0.15) is 12.4 Å². The topological polar surface area (TPSA) is 38.8 Å². The molecule has 2 heterocycles. The predicted octanol–water partition coefficient (Wildman–Crippen LogP) is 5.43. The number of rotatable bonds is 5. The molecule has 0 radical (unpaired) electrons. The van der Waals surface area contributed by atoms with Crippen molar-refractivity contribution in [3.05, 3.63) is 71.8 Å². The first-order valence-corrected chi connectivity index (χ1v) is 10.1. The van der Waals surface area contributed by atoms with Gasteiger partial charge >= 0.3 is 6.09 Å². The van der Waals surface area contributed by atoms with Crippen molar-refractivity contribution in [2.75, 3.05) is 0 Å². The first-order chi connectivity index (χ1) is 13.6. The van der Waals surface area contributed by atoms with Gasteiger partial charge in [0, 0.05) is 11.6 Å². The van der Waals surface area contributed by atoms with E-state index in [0.29, 0.717) is 6.61 Å². The maximum absolute atomic E-state index is 12.7. The van der Waals surface area contributed by atoms with E-state index in [1.807, 2.05) is 67.3 Å². The molecule has 2 atom stereocenters. The van der Waals surface area contributed by atoms with Crippen LogP contribution < -0.4 is 4.74 Å². The fourth-order valence-corrected chi connectivity index (χ4v) is 4.20. The maximum atomic E-state index is 12.7. The van der Waals surface area contributed by atoms with Crippen LogP contribution in [0.15, 0.2) is 60.7 Å². The Labute approximate surface area is 166 Å². The first-order valence-electron chi connectivity index (χ1n) is 10.1. The number of benzene rings is 2. The third kappa shape index (κ3) is 3.91. The lowest BCUT2D eigenvalue weighted by Gasteiger charge is -2.33. The van der Waals surface area contributed by atoms with Crippen LogP contribution in [0.2, 0.25) is 0 Å². The number of amides is 1. The van der Waals surface area contributed by atoms with Crippen LogP contribution in [0.4, 0.5) is 4.79 Å². The SMILES string of the molecule is CC(C)Oc1ccccc1C1=CC2CCC(C1)N2C(=O)OCc1ccccc1. The molecule has 2 unspecified atom stereocenters. The number of nitrogens with zero attached hydrogens (tertiary/aromatic N) is 1. The monoisotopic (exact) mass is 377 g/mol.